The van der Waals surface area contributed by atoms with Gasteiger partial charge in [-0.25, -0.2) is 4.39 Å². The molecule has 0 heterocycles. The number of hydrogen-bond acceptors (Lipinski definition) is 3. The third-order valence-corrected chi connectivity index (χ3v) is 5.05. The lowest BCUT2D eigenvalue weighted by Gasteiger charge is -2.18. The Bertz CT molecular complexity index is 1040. The first kappa shape index (κ1) is 21.8. The topological polar surface area (TPSA) is 35.5 Å². The Morgan fingerprint density at radius 3 is 2.17 bits per heavy atom. The number of hydrogen-bond donors (Lipinski definition) is 0. The molecule has 154 valence electrons. The van der Waals surface area contributed by atoms with Crippen molar-refractivity contribution in [2.75, 3.05) is 13.9 Å². The predicted octanol–water partition coefficient (Wildman–Crippen LogP) is 6.64. The van der Waals surface area contributed by atoms with Crippen molar-refractivity contribution in [3.8, 4) is 5.75 Å². The number of ether oxygens (including phenoxy) is 2. The van der Waals surface area contributed by atoms with Gasteiger partial charge in [-0.1, -0.05) is 61.0 Å². The third kappa shape index (κ3) is 4.96. The van der Waals surface area contributed by atoms with Gasteiger partial charge in [0.05, 0.1) is 5.02 Å². The van der Waals surface area contributed by atoms with E-state index >= 15 is 0 Å². The van der Waals surface area contributed by atoms with E-state index in [1.807, 2.05) is 43.3 Å². The monoisotopic (exact) mass is 424 g/mol. The quantitative estimate of drug-likeness (QED) is 0.231. The van der Waals surface area contributed by atoms with Crippen molar-refractivity contribution in [3.63, 3.8) is 0 Å². The fraction of sp³-hybridized carbons (Fsp3) is 0.160. The van der Waals surface area contributed by atoms with Crippen LogP contribution >= 0.6 is 11.6 Å². The lowest BCUT2D eigenvalue weighted by molar-refractivity contribution is 0.0511. The molecule has 30 heavy (non-hydrogen) atoms. The Balaban J connectivity index is 2.19. The minimum atomic E-state index is -0.379. The largest absolute Gasteiger partial charge is 0.468 e. The van der Waals surface area contributed by atoms with Crippen molar-refractivity contribution < 1.29 is 18.7 Å². The highest BCUT2D eigenvalue weighted by atomic mass is 35.5. The van der Waals surface area contributed by atoms with Gasteiger partial charge >= 0.3 is 0 Å². The molecule has 0 amide bonds. The highest BCUT2D eigenvalue weighted by Crippen LogP contribution is 2.37. The third-order valence-electron chi connectivity index (χ3n) is 4.73. The minimum Gasteiger partial charge on any atom is -0.468 e. The van der Waals surface area contributed by atoms with Crippen LogP contribution in [0.25, 0.3) is 11.1 Å². The van der Waals surface area contributed by atoms with Crippen molar-refractivity contribution >= 4 is 29.0 Å². The van der Waals surface area contributed by atoms with Crippen LogP contribution < -0.4 is 4.74 Å². The zero-order chi connectivity index (χ0) is 21.5. The zero-order valence-electron chi connectivity index (χ0n) is 16.8. The molecule has 3 rings (SSSR count). The number of methoxy groups -OCH3 is 1. The summed E-state index contributed by atoms with van der Waals surface area (Å²) in [7, 11) is 1.57. The number of carbonyl (C=O) groups excluding carboxylic acids is 1. The molecule has 0 spiro atoms. The Kier molecular flexibility index (Phi) is 7.39. The van der Waals surface area contributed by atoms with Gasteiger partial charge in [0.25, 0.3) is 0 Å². The zero-order valence-corrected chi connectivity index (χ0v) is 17.6. The van der Waals surface area contributed by atoms with Gasteiger partial charge in [0.15, 0.2) is 6.79 Å². The van der Waals surface area contributed by atoms with E-state index in [4.69, 9.17) is 21.1 Å². The molecule has 0 aliphatic heterocycles. The highest BCUT2D eigenvalue weighted by Gasteiger charge is 2.16. The maximum atomic E-state index is 13.6. The van der Waals surface area contributed by atoms with Crippen LogP contribution in [0.5, 0.6) is 5.75 Å². The van der Waals surface area contributed by atoms with Crippen LogP contribution in [0.3, 0.4) is 0 Å². The van der Waals surface area contributed by atoms with E-state index in [1.54, 1.807) is 25.3 Å². The summed E-state index contributed by atoms with van der Waals surface area (Å²) in [6.07, 6.45) is 1.49. The molecule has 0 unspecified atom stereocenters. The van der Waals surface area contributed by atoms with Crippen LogP contribution in [-0.4, -0.2) is 20.2 Å². The maximum Gasteiger partial charge on any atom is 0.188 e. The second kappa shape index (κ2) is 10.2. The number of allylic oxidation sites excluding steroid dienone is 1. The Morgan fingerprint density at radius 1 is 1.00 bits per heavy atom. The number of halogens is 2. The molecular weight excluding hydrogens is 403 g/mol. The van der Waals surface area contributed by atoms with Crippen LogP contribution in [0.2, 0.25) is 5.02 Å². The van der Waals surface area contributed by atoms with E-state index in [-0.39, 0.29) is 12.6 Å². The summed E-state index contributed by atoms with van der Waals surface area (Å²) in [4.78, 5) is 11.1. The van der Waals surface area contributed by atoms with E-state index < -0.39 is 0 Å². The summed E-state index contributed by atoms with van der Waals surface area (Å²) in [5, 5.41) is 0.355. The van der Waals surface area contributed by atoms with Crippen molar-refractivity contribution in [3.05, 3.63) is 99.8 Å². The van der Waals surface area contributed by atoms with Crippen molar-refractivity contribution in [1.82, 2.24) is 0 Å². The molecule has 3 aromatic carbocycles. The van der Waals surface area contributed by atoms with E-state index in [0.29, 0.717) is 22.8 Å². The predicted molar refractivity (Wildman–Crippen MR) is 118 cm³/mol. The number of carbonyl (C=O) groups is 1. The number of benzene rings is 3. The SMILES string of the molecule is CCC(=C(c1ccc(C=O)cc1)c1ccc(OCOC)cc1)c1ccc(F)cc1Cl. The standard InChI is InChI=1S/C25H22ClFO3/c1-3-22(23-13-10-20(27)14-24(23)26)25(18-6-4-17(15-28)5-7-18)19-8-11-21(12-9-19)30-16-29-2/h4-15H,3,16H2,1-2H3. The molecule has 0 aromatic heterocycles. The van der Waals surface area contributed by atoms with Gasteiger partial charge in [0.1, 0.15) is 17.9 Å². The smallest absolute Gasteiger partial charge is 0.188 e. The average Bonchev–Trinajstić information content (AvgIpc) is 2.77. The number of rotatable bonds is 8. The first-order valence-corrected chi connectivity index (χ1v) is 9.91. The van der Waals surface area contributed by atoms with Crippen LogP contribution in [0.15, 0.2) is 66.7 Å². The summed E-state index contributed by atoms with van der Waals surface area (Å²) in [6.45, 7) is 2.20. The van der Waals surface area contributed by atoms with Gasteiger partial charge in [-0.2, -0.15) is 0 Å². The molecule has 0 N–H and O–H groups in total. The molecule has 0 radical (unpaired) electrons. The van der Waals surface area contributed by atoms with Crippen LogP contribution in [-0.2, 0) is 4.74 Å². The van der Waals surface area contributed by atoms with Gasteiger partial charge in [-0.15, -0.1) is 0 Å². The molecule has 3 aromatic rings. The van der Waals surface area contributed by atoms with Gasteiger partial charge in [0.2, 0.25) is 0 Å². The molecule has 0 atom stereocenters. The molecule has 0 saturated carbocycles. The fourth-order valence-corrected chi connectivity index (χ4v) is 3.61. The molecule has 0 aliphatic rings. The lowest BCUT2D eigenvalue weighted by Crippen LogP contribution is -1.99. The van der Waals surface area contributed by atoms with E-state index in [9.17, 15) is 9.18 Å². The van der Waals surface area contributed by atoms with Gasteiger partial charge in [0, 0.05) is 12.7 Å². The highest BCUT2D eigenvalue weighted by molar-refractivity contribution is 6.32. The first-order valence-electron chi connectivity index (χ1n) is 9.53. The second-order valence-electron chi connectivity index (χ2n) is 6.65. The van der Waals surface area contributed by atoms with Crippen molar-refractivity contribution in [2.24, 2.45) is 0 Å². The lowest BCUT2D eigenvalue weighted by atomic mass is 9.88. The normalized spacial score (nSPS) is 11.7. The summed E-state index contributed by atoms with van der Waals surface area (Å²) in [6, 6.07) is 19.4. The minimum absolute atomic E-state index is 0.167. The van der Waals surface area contributed by atoms with Crippen LogP contribution in [0, 0.1) is 5.82 Å². The van der Waals surface area contributed by atoms with E-state index in [1.165, 1.54) is 12.1 Å². The molecule has 3 nitrogen and oxygen atoms in total. The maximum absolute atomic E-state index is 13.6. The van der Waals surface area contributed by atoms with Crippen LogP contribution in [0.4, 0.5) is 4.39 Å². The van der Waals surface area contributed by atoms with Gasteiger partial charge in [-0.05, 0) is 58.5 Å². The van der Waals surface area contributed by atoms with Crippen molar-refractivity contribution in [1.29, 1.82) is 0 Å². The second-order valence-corrected chi connectivity index (χ2v) is 7.05. The molecule has 0 saturated heterocycles. The summed E-state index contributed by atoms with van der Waals surface area (Å²) in [5.41, 5.74) is 5.19. The van der Waals surface area contributed by atoms with E-state index in [2.05, 4.69) is 0 Å². The van der Waals surface area contributed by atoms with Crippen molar-refractivity contribution in [2.45, 2.75) is 13.3 Å². The molecule has 0 fully saturated rings. The summed E-state index contributed by atoms with van der Waals surface area (Å²) < 4.78 is 24.1. The first-order chi connectivity index (χ1) is 14.6. The Labute approximate surface area is 180 Å². The molecule has 5 heteroatoms. The molecule has 0 aliphatic carbocycles. The summed E-state index contributed by atoms with van der Waals surface area (Å²) in [5.74, 6) is 0.310. The summed E-state index contributed by atoms with van der Waals surface area (Å²) >= 11 is 6.40. The number of aldehydes is 1. The van der Waals surface area contributed by atoms with Gasteiger partial charge < -0.3 is 9.47 Å². The Hall–Kier alpha value is -2.95. The van der Waals surface area contributed by atoms with Crippen LogP contribution in [0.1, 0.15) is 40.4 Å². The van der Waals surface area contributed by atoms with Gasteiger partial charge in [-0.3, -0.25) is 4.79 Å². The van der Waals surface area contributed by atoms with E-state index in [0.717, 1.165) is 34.1 Å². The fourth-order valence-electron chi connectivity index (χ4n) is 3.32. The average molecular weight is 425 g/mol. The Morgan fingerprint density at radius 2 is 1.63 bits per heavy atom. The molecular formula is C25H22ClFO3. The molecule has 0 bridgehead atoms.